The van der Waals surface area contributed by atoms with Gasteiger partial charge in [0, 0.05) is 13.1 Å². The molecule has 0 saturated carbocycles. The number of hydrogen-bond donors (Lipinski definition) is 1. The number of fused-ring (bicyclic) bond motifs is 1. The van der Waals surface area contributed by atoms with Gasteiger partial charge in [-0.1, -0.05) is 66.7 Å². The Bertz CT molecular complexity index is 923. The molecule has 1 aliphatic heterocycles. The van der Waals surface area contributed by atoms with Gasteiger partial charge in [-0.05, 0) is 53.4 Å². The number of nitrogens with one attached hydrogen (secondary N) is 1. The lowest BCUT2D eigenvalue weighted by atomic mass is 10.0. The molecule has 0 spiro atoms. The molecule has 1 saturated heterocycles. The summed E-state index contributed by atoms with van der Waals surface area (Å²) < 4.78 is 0. The molecule has 0 aromatic heterocycles. The number of carbonyl (C=O) groups is 1. The van der Waals surface area contributed by atoms with E-state index >= 15 is 0 Å². The Morgan fingerprint density at radius 3 is 2.33 bits per heavy atom. The number of nitrogens with zero attached hydrogens (tertiary/aromatic N) is 1. The van der Waals surface area contributed by atoms with Crippen molar-refractivity contribution in [3.8, 4) is 0 Å². The first-order chi connectivity index (χ1) is 13.3. The topological polar surface area (TPSA) is 32.3 Å². The summed E-state index contributed by atoms with van der Waals surface area (Å²) in [5, 5.41) is 5.46. The van der Waals surface area contributed by atoms with Crippen molar-refractivity contribution in [2.75, 3.05) is 13.1 Å². The Kier molecular flexibility index (Phi) is 5.50. The van der Waals surface area contributed by atoms with E-state index in [1.165, 1.54) is 42.4 Å². The molecule has 3 heteroatoms. The van der Waals surface area contributed by atoms with E-state index in [4.69, 9.17) is 0 Å². The first-order valence-corrected chi connectivity index (χ1v) is 9.82. The minimum absolute atomic E-state index is 0.0716. The van der Waals surface area contributed by atoms with Gasteiger partial charge in [0.05, 0.1) is 6.42 Å². The Morgan fingerprint density at radius 1 is 0.815 bits per heavy atom. The van der Waals surface area contributed by atoms with Gasteiger partial charge in [0.15, 0.2) is 0 Å². The molecular formula is C24H26N2O. The summed E-state index contributed by atoms with van der Waals surface area (Å²) in [5.41, 5.74) is 3.62. The van der Waals surface area contributed by atoms with E-state index in [1.54, 1.807) is 0 Å². The van der Waals surface area contributed by atoms with Crippen molar-refractivity contribution in [1.29, 1.82) is 0 Å². The van der Waals surface area contributed by atoms with Gasteiger partial charge in [0.1, 0.15) is 0 Å². The predicted octanol–water partition coefficient (Wildman–Crippen LogP) is 4.29. The van der Waals surface area contributed by atoms with Crippen molar-refractivity contribution >= 4 is 16.7 Å². The normalized spacial score (nSPS) is 14.5. The first kappa shape index (κ1) is 17.7. The number of likely N-dealkylation sites (tertiary alicyclic amines) is 1. The van der Waals surface area contributed by atoms with Crippen LogP contribution in [0.5, 0.6) is 0 Å². The number of rotatable bonds is 6. The van der Waals surface area contributed by atoms with Gasteiger partial charge in [-0.3, -0.25) is 9.69 Å². The van der Waals surface area contributed by atoms with Crippen LogP contribution in [0.2, 0.25) is 0 Å². The quantitative estimate of drug-likeness (QED) is 0.713. The summed E-state index contributed by atoms with van der Waals surface area (Å²) >= 11 is 0. The molecule has 27 heavy (non-hydrogen) atoms. The molecule has 138 valence electrons. The average molecular weight is 358 g/mol. The highest BCUT2D eigenvalue weighted by Crippen LogP contribution is 2.19. The maximum Gasteiger partial charge on any atom is 0.224 e. The van der Waals surface area contributed by atoms with Crippen LogP contribution in [0, 0.1) is 0 Å². The van der Waals surface area contributed by atoms with Crippen LogP contribution in [0.15, 0.2) is 66.7 Å². The summed E-state index contributed by atoms with van der Waals surface area (Å²) in [7, 11) is 0. The zero-order valence-corrected chi connectivity index (χ0v) is 15.7. The van der Waals surface area contributed by atoms with Gasteiger partial charge in [0.2, 0.25) is 5.91 Å². The third-order valence-electron chi connectivity index (χ3n) is 5.42. The van der Waals surface area contributed by atoms with Crippen LogP contribution < -0.4 is 5.32 Å². The minimum atomic E-state index is 0.0716. The summed E-state index contributed by atoms with van der Waals surface area (Å²) in [5.74, 6) is 0.0716. The van der Waals surface area contributed by atoms with E-state index < -0.39 is 0 Å². The largest absolute Gasteiger partial charge is 0.352 e. The molecule has 0 aliphatic carbocycles. The van der Waals surface area contributed by atoms with Crippen molar-refractivity contribution in [3.05, 3.63) is 83.4 Å². The van der Waals surface area contributed by atoms with Gasteiger partial charge >= 0.3 is 0 Å². The average Bonchev–Trinajstić information content (AvgIpc) is 3.21. The highest BCUT2D eigenvalue weighted by Gasteiger charge is 2.14. The van der Waals surface area contributed by atoms with Crippen LogP contribution in [0.1, 0.15) is 29.5 Å². The van der Waals surface area contributed by atoms with E-state index in [2.05, 4.69) is 52.7 Å². The highest BCUT2D eigenvalue weighted by molar-refractivity contribution is 5.90. The summed E-state index contributed by atoms with van der Waals surface area (Å²) in [6, 6.07) is 22.8. The molecular weight excluding hydrogens is 332 g/mol. The molecule has 0 atom stereocenters. The Morgan fingerprint density at radius 2 is 1.48 bits per heavy atom. The summed E-state index contributed by atoms with van der Waals surface area (Å²) in [6.45, 7) is 3.94. The van der Waals surface area contributed by atoms with Gasteiger partial charge in [-0.15, -0.1) is 0 Å². The van der Waals surface area contributed by atoms with E-state index in [0.29, 0.717) is 13.0 Å². The fourth-order valence-electron chi connectivity index (χ4n) is 3.94. The number of amides is 1. The molecule has 1 aliphatic rings. The fourth-order valence-corrected chi connectivity index (χ4v) is 3.94. The van der Waals surface area contributed by atoms with Crippen LogP contribution in [0.25, 0.3) is 10.8 Å². The number of carbonyl (C=O) groups excluding carboxylic acids is 1. The zero-order chi connectivity index (χ0) is 18.5. The lowest BCUT2D eigenvalue weighted by Crippen LogP contribution is -2.26. The monoisotopic (exact) mass is 358 g/mol. The van der Waals surface area contributed by atoms with Gasteiger partial charge in [-0.25, -0.2) is 0 Å². The van der Waals surface area contributed by atoms with E-state index in [9.17, 15) is 4.79 Å². The standard InChI is InChI=1S/C24H26N2O/c27-24(16-20-12-7-11-19-8-3-4-13-23(19)20)25-17-21-9-1-2-10-22(21)18-26-14-5-6-15-26/h1-4,7-13H,5-6,14-18H2,(H,25,27). The smallest absolute Gasteiger partial charge is 0.224 e. The van der Waals surface area contributed by atoms with Crippen LogP contribution in [0.4, 0.5) is 0 Å². The van der Waals surface area contributed by atoms with Crippen molar-refractivity contribution in [3.63, 3.8) is 0 Å². The third kappa shape index (κ3) is 4.37. The molecule has 4 rings (SSSR count). The first-order valence-electron chi connectivity index (χ1n) is 9.82. The van der Waals surface area contributed by atoms with Gasteiger partial charge in [-0.2, -0.15) is 0 Å². The SMILES string of the molecule is O=C(Cc1cccc2ccccc12)NCc1ccccc1CN1CCCC1. The maximum absolute atomic E-state index is 12.6. The van der Waals surface area contributed by atoms with Gasteiger partial charge < -0.3 is 5.32 Å². The van der Waals surface area contributed by atoms with Gasteiger partial charge in [0.25, 0.3) is 0 Å². The molecule has 1 heterocycles. The lowest BCUT2D eigenvalue weighted by molar-refractivity contribution is -0.120. The molecule has 1 fully saturated rings. The minimum Gasteiger partial charge on any atom is -0.352 e. The van der Waals surface area contributed by atoms with Crippen LogP contribution in [-0.4, -0.2) is 23.9 Å². The van der Waals surface area contributed by atoms with E-state index in [0.717, 1.165) is 17.5 Å². The molecule has 3 aromatic carbocycles. The fraction of sp³-hybridized carbons (Fsp3) is 0.292. The summed E-state index contributed by atoms with van der Waals surface area (Å²) in [6.07, 6.45) is 3.00. The highest BCUT2D eigenvalue weighted by atomic mass is 16.1. The van der Waals surface area contributed by atoms with Crippen LogP contribution >= 0.6 is 0 Å². The second kappa shape index (κ2) is 8.36. The summed E-state index contributed by atoms with van der Waals surface area (Å²) in [4.78, 5) is 15.1. The molecule has 1 N–H and O–H groups in total. The molecule has 0 bridgehead atoms. The second-order valence-electron chi connectivity index (χ2n) is 7.34. The van der Waals surface area contributed by atoms with E-state index in [1.807, 2.05) is 24.3 Å². The number of hydrogen-bond acceptors (Lipinski definition) is 2. The molecule has 3 aromatic rings. The Labute approximate surface area is 161 Å². The van der Waals surface area contributed by atoms with Crippen molar-refractivity contribution in [2.45, 2.75) is 32.4 Å². The number of benzene rings is 3. The zero-order valence-electron chi connectivity index (χ0n) is 15.7. The maximum atomic E-state index is 12.6. The molecule has 3 nitrogen and oxygen atoms in total. The molecule has 0 unspecified atom stereocenters. The molecule has 1 amide bonds. The van der Waals surface area contributed by atoms with Crippen molar-refractivity contribution < 1.29 is 4.79 Å². The molecule has 0 radical (unpaired) electrons. The second-order valence-corrected chi connectivity index (χ2v) is 7.34. The Hall–Kier alpha value is -2.65. The van der Waals surface area contributed by atoms with E-state index in [-0.39, 0.29) is 5.91 Å². The third-order valence-corrected chi connectivity index (χ3v) is 5.42. The van der Waals surface area contributed by atoms with Crippen molar-refractivity contribution in [2.24, 2.45) is 0 Å². The van der Waals surface area contributed by atoms with Crippen molar-refractivity contribution in [1.82, 2.24) is 10.2 Å². The van der Waals surface area contributed by atoms with Crippen LogP contribution in [-0.2, 0) is 24.3 Å². The lowest BCUT2D eigenvalue weighted by Gasteiger charge is -2.17. The Balaban J connectivity index is 1.41. The predicted molar refractivity (Wildman–Crippen MR) is 110 cm³/mol. The van der Waals surface area contributed by atoms with Crippen LogP contribution in [0.3, 0.4) is 0 Å².